The van der Waals surface area contributed by atoms with Crippen molar-refractivity contribution in [2.24, 2.45) is 0 Å². The predicted molar refractivity (Wildman–Crippen MR) is 78.9 cm³/mol. The van der Waals surface area contributed by atoms with Gasteiger partial charge in [0.1, 0.15) is 5.65 Å². The maximum atomic E-state index is 4.70. The van der Waals surface area contributed by atoms with E-state index in [9.17, 15) is 0 Å². The van der Waals surface area contributed by atoms with Crippen LogP contribution in [-0.2, 0) is 0 Å². The van der Waals surface area contributed by atoms with Gasteiger partial charge in [-0.15, -0.1) is 0 Å². The van der Waals surface area contributed by atoms with Gasteiger partial charge in [0.2, 0.25) is 0 Å². The zero-order valence-corrected chi connectivity index (χ0v) is 12.3. The molecule has 0 spiro atoms. The zero-order valence-electron chi connectivity index (χ0n) is 10.7. The lowest BCUT2D eigenvalue weighted by Crippen LogP contribution is -1.99. The molecule has 0 bridgehead atoms. The maximum Gasteiger partial charge on any atom is 0.163 e. The fourth-order valence-electron chi connectivity index (χ4n) is 2.06. The standard InChI is InChI=1S/C14H13BrN4/c1-8(2)12-11-10(15)7-17-14(11)19-13(18-12)9-4-3-5-16-6-9/h3-8H,1-2H3,(H,17,18,19). The van der Waals surface area contributed by atoms with Crippen LogP contribution in [0, 0.1) is 0 Å². The Morgan fingerprint density at radius 2 is 2.11 bits per heavy atom. The Labute approximate surface area is 119 Å². The van der Waals surface area contributed by atoms with E-state index in [-0.39, 0.29) is 0 Å². The van der Waals surface area contributed by atoms with Gasteiger partial charge < -0.3 is 4.98 Å². The van der Waals surface area contributed by atoms with Crippen molar-refractivity contribution in [2.75, 3.05) is 0 Å². The second kappa shape index (κ2) is 4.74. The highest BCUT2D eigenvalue weighted by Gasteiger charge is 2.15. The van der Waals surface area contributed by atoms with Gasteiger partial charge in [0.05, 0.1) is 11.1 Å². The number of H-pyrrole nitrogens is 1. The Hall–Kier alpha value is -1.75. The van der Waals surface area contributed by atoms with Crippen LogP contribution in [0.4, 0.5) is 0 Å². The Balaban J connectivity index is 2.29. The molecule has 0 aliphatic heterocycles. The first-order valence-electron chi connectivity index (χ1n) is 6.11. The number of hydrogen-bond donors (Lipinski definition) is 1. The number of nitrogens with one attached hydrogen (secondary N) is 1. The van der Waals surface area contributed by atoms with E-state index < -0.39 is 0 Å². The third-order valence-electron chi connectivity index (χ3n) is 2.98. The summed E-state index contributed by atoms with van der Waals surface area (Å²) in [4.78, 5) is 16.6. The molecule has 0 aliphatic carbocycles. The van der Waals surface area contributed by atoms with Gasteiger partial charge in [-0.1, -0.05) is 13.8 Å². The molecule has 3 aromatic heterocycles. The van der Waals surface area contributed by atoms with E-state index in [0.29, 0.717) is 11.7 Å². The highest BCUT2D eigenvalue weighted by molar-refractivity contribution is 9.10. The monoisotopic (exact) mass is 316 g/mol. The predicted octanol–water partition coefficient (Wildman–Crippen LogP) is 3.91. The lowest BCUT2D eigenvalue weighted by molar-refractivity contribution is 0.830. The largest absolute Gasteiger partial charge is 0.345 e. The Morgan fingerprint density at radius 3 is 2.79 bits per heavy atom. The molecule has 3 rings (SSSR count). The SMILES string of the molecule is CC(C)c1nc(-c2cccnc2)nc2[nH]cc(Br)c12. The summed E-state index contributed by atoms with van der Waals surface area (Å²) < 4.78 is 1.00. The summed E-state index contributed by atoms with van der Waals surface area (Å²) >= 11 is 3.54. The highest BCUT2D eigenvalue weighted by Crippen LogP contribution is 2.31. The average molecular weight is 317 g/mol. The van der Waals surface area contributed by atoms with Crippen molar-refractivity contribution in [3.63, 3.8) is 0 Å². The molecule has 1 N–H and O–H groups in total. The third kappa shape index (κ3) is 2.14. The molecule has 4 nitrogen and oxygen atoms in total. The van der Waals surface area contributed by atoms with Gasteiger partial charge in [-0.05, 0) is 34.0 Å². The van der Waals surface area contributed by atoms with Crippen molar-refractivity contribution in [1.82, 2.24) is 19.9 Å². The van der Waals surface area contributed by atoms with Crippen LogP contribution in [0.3, 0.4) is 0 Å². The molecule has 0 amide bonds. The van der Waals surface area contributed by atoms with E-state index in [1.807, 2.05) is 18.3 Å². The summed E-state index contributed by atoms with van der Waals surface area (Å²) in [6.45, 7) is 4.27. The van der Waals surface area contributed by atoms with E-state index >= 15 is 0 Å². The molecule has 0 saturated carbocycles. The number of fused-ring (bicyclic) bond motifs is 1. The molecule has 0 fully saturated rings. The maximum absolute atomic E-state index is 4.70. The smallest absolute Gasteiger partial charge is 0.163 e. The summed E-state index contributed by atoms with van der Waals surface area (Å²) in [6.07, 6.45) is 5.43. The summed E-state index contributed by atoms with van der Waals surface area (Å²) in [6, 6.07) is 3.86. The molecule has 0 aliphatic rings. The van der Waals surface area contributed by atoms with Crippen LogP contribution in [-0.4, -0.2) is 19.9 Å². The van der Waals surface area contributed by atoms with E-state index in [2.05, 4.69) is 44.7 Å². The summed E-state index contributed by atoms with van der Waals surface area (Å²) in [5, 5.41) is 1.06. The topological polar surface area (TPSA) is 54.5 Å². The van der Waals surface area contributed by atoms with Crippen LogP contribution >= 0.6 is 15.9 Å². The molecule has 3 aromatic rings. The molecule has 0 atom stereocenters. The number of nitrogens with zero attached hydrogens (tertiary/aromatic N) is 3. The van der Waals surface area contributed by atoms with Crippen LogP contribution < -0.4 is 0 Å². The molecule has 96 valence electrons. The number of pyridine rings is 1. The van der Waals surface area contributed by atoms with Crippen LogP contribution in [0.5, 0.6) is 0 Å². The molecule has 0 saturated heterocycles. The van der Waals surface area contributed by atoms with Gasteiger partial charge in [-0.2, -0.15) is 0 Å². The zero-order chi connectivity index (χ0) is 13.4. The van der Waals surface area contributed by atoms with Crippen molar-refractivity contribution < 1.29 is 0 Å². The fourth-order valence-corrected chi connectivity index (χ4v) is 2.57. The second-order valence-corrected chi connectivity index (χ2v) is 5.54. The van der Waals surface area contributed by atoms with Gasteiger partial charge in [0.15, 0.2) is 5.82 Å². The first-order valence-corrected chi connectivity index (χ1v) is 6.91. The number of aromatic amines is 1. The first kappa shape index (κ1) is 12.3. The number of halogens is 1. The molecule has 3 heterocycles. The van der Waals surface area contributed by atoms with Crippen LogP contribution in [0.1, 0.15) is 25.5 Å². The first-order chi connectivity index (χ1) is 9.16. The number of hydrogen-bond acceptors (Lipinski definition) is 3. The van der Waals surface area contributed by atoms with Crippen LogP contribution in [0.15, 0.2) is 35.2 Å². The van der Waals surface area contributed by atoms with Crippen molar-refractivity contribution in [1.29, 1.82) is 0 Å². The van der Waals surface area contributed by atoms with Gasteiger partial charge in [-0.3, -0.25) is 4.98 Å². The van der Waals surface area contributed by atoms with Crippen molar-refractivity contribution >= 4 is 27.0 Å². The Kier molecular flexibility index (Phi) is 3.06. The van der Waals surface area contributed by atoms with E-state index in [1.54, 1.807) is 12.4 Å². The molecule has 0 unspecified atom stereocenters. The quantitative estimate of drug-likeness (QED) is 0.780. The van der Waals surface area contributed by atoms with Gasteiger partial charge in [-0.25, -0.2) is 9.97 Å². The second-order valence-electron chi connectivity index (χ2n) is 4.69. The summed E-state index contributed by atoms with van der Waals surface area (Å²) in [5.41, 5.74) is 2.82. The Morgan fingerprint density at radius 1 is 1.26 bits per heavy atom. The average Bonchev–Trinajstić information content (AvgIpc) is 2.80. The summed E-state index contributed by atoms with van der Waals surface area (Å²) in [5.74, 6) is 1.03. The molecular formula is C14H13BrN4. The van der Waals surface area contributed by atoms with Gasteiger partial charge in [0.25, 0.3) is 0 Å². The molecular weight excluding hydrogens is 304 g/mol. The van der Waals surface area contributed by atoms with E-state index in [4.69, 9.17) is 4.98 Å². The van der Waals surface area contributed by atoms with Crippen LogP contribution in [0.25, 0.3) is 22.4 Å². The molecule has 5 heteroatoms. The minimum Gasteiger partial charge on any atom is -0.345 e. The van der Waals surface area contributed by atoms with E-state index in [0.717, 1.165) is 26.8 Å². The third-order valence-corrected chi connectivity index (χ3v) is 3.60. The van der Waals surface area contributed by atoms with Crippen LogP contribution in [0.2, 0.25) is 0 Å². The highest BCUT2D eigenvalue weighted by atomic mass is 79.9. The molecule has 0 aromatic carbocycles. The normalized spacial score (nSPS) is 11.4. The Bertz CT molecular complexity index is 719. The van der Waals surface area contributed by atoms with Crippen molar-refractivity contribution in [3.8, 4) is 11.4 Å². The molecule has 19 heavy (non-hydrogen) atoms. The minimum absolute atomic E-state index is 0.327. The number of aromatic nitrogens is 4. The lowest BCUT2D eigenvalue weighted by atomic mass is 10.1. The van der Waals surface area contributed by atoms with Gasteiger partial charge >= 0.3 is 0 Å². The molecule has 0 radical (unpaired) electrons. The van der Waals surface area contributed by atoms with E-state index in [1.165, 1.54) is 0 Å². The fraction of sp³-hybridized carbons (Fsp3) is 0.214. The lowest BCUT2D eigenvalue weighted by Gasteiger charge is -2.09. The minimum atomic E-state index is 0.327. The van der Waals surface area contributed by atoms with Gasteiger partial charge in [0, 0.05) is 28.6 Å². The van der Waals surface area contributed by atoms with Crippen molar-refractivity contribution in [2.45, 2.75) is 19.8 Å². The summed E-state index contributed by atoms with van der Waals surface area (Å²) in [7, 11) is 0. The number of rotatable bonds is 2. The van der Waals surface area contributed by atoms with Crippen molar-refractivity contribution in [3.05, 3.63) is 40.9 Å².